The van der Waals surface area contributed by atoms with E-state index in [1.807, 2.05) is 71.0 Å². The van der Waals surface area contributed by atoms with Gasteiger partial charge in [-0.05, 0) is 64.4 Å². The number of nitrogens with one attached hydrogen (secondary N) is 1. The molecule has 2 heterocycles. The monoisotopic (exact) mass is 625 g/mol. The minimum atomic E-state index is -4.28. The van der Waals surface area contributed by atoms with Gasteiger partial charge in [0.15, 0.2) is 4.90 Å². The molecule has 0 bridgehead atoms. The predicted octanol–water partition coefficient (Wildman–Crippen LogP) is 5.37. The number of nitrogens with zero attached hydrogens (tertiary/aromatic N) is 4. The quantitative estimate of drug-likeness (QED) is 0.232. The van der Waals surface area contributed by atoms with Gasteiger partial charge in [-0.1, -0.05) is 31.2 Å². The van der Waals surface area contributed by atoms with E-state index in [1.165, 1.54) is 18.2 Å². The number of anilines is 1. The van der Waals surface area contributed by atoms with Crippen molar-refractivity contribution < 1.29 is 27.6 Å². The van der Waals surface area contributed by atoms with Gasteiger partial charge in [0.05, 0.1) is 35.2 Å². The van der Waals surface area contributed by atoms with E-state index >= 15 is 0 Å². The minimum Gasteiger partial charge on any atom is -0.493 e. The van der Waals surface area contributed by atoms with E-state index in [1.54, 1.807) is 4.90 Å². The van der Waals surface area contributed by atoms with Crippen molar-refractivity contribution in [1.29, 1.82) is 0 Å². The molecule has 4 rings (SSSR count). The van der Waals surface area contributed by atoms with Gasteiger partial charge in [0, 0.05) is 37.3 Å². The number of benzene rings is 2. The molecule has 0 aliphatic carbocycles. The summed E-state index contributed by atoms with van der Waals surface area (Å²) in [5, 5.41) is 11.6. The summed E-state index contributed by atoms with van der Waals surface area (Å²) in [5.74, 6) is 0.638. The molecule has 1 fully saturated rings. The summed E-state index contributed by atoms with van der Waals surface area (Å²) >= 11 is 0. The Labute approximate surface area is 258 Å². The fourth-order valence-electron chi connectivity index (χ4n) is 5.09. The van der Waals surface area contributed by atoms with E-state index in [9.17, 15) is 23.3 Å². The van der Waals surface area contributed by atoms with Crippen LogP contribution in [0.2, 0.25) is 0 Å². The Morgan fingerprint density at radius 2 is 1.77 bits per heavy atom. The van der Waals surface area contributed by atoms with Gasteiger partial charge in [0.25, 0.3) is 5.69 Å². The topological polar surface area (TPSA) is 144 Å². The average molecular weight is 626 g/mol. The molecule has 0 spiro atoms. The summed E-state index contributed by atoms with van der Waals surface area (Å²) in [7, 11) is -4.28. The zero-order chi connectivity index (χ0) is 32.1. The molecule has 1 N–H and O–H groups in total. The van der Waals surface area contributed by atoms with Crippen LogP contribution in [0.4, 0.5) is 16.2 Å². The van der Waals surface area contributed by atoms with E-state index in [0.717, 1.165) is 11.6 Å². The number of amides is 1. The number of sulfonamides is 1. The third kappa shape index (κ3) is 7.64. The summed E-state index contributed by atoms with van der Waals surface area (Å²) in [5.41, 5.74) is 1.32. The standard InChI is InChI=1S/C31H39N5O7S/c1-6-22-21-34(30(37)43-31(3,4)5)18-19-35(22)26-17-16-24(23-12-8-10-14-28(23)42-7-2)33-25(26)20-32-44(40,41)29-15-11-9-13-27(29)36(38)39/h8-17,22,32H,6-7,18-21H2,1-5H3/t22-/m1/s1. The first kappa shape index (κ1) is 32.7. The third-order valence-electron chi connectivity index (χ3n) is 7.11. The number of hydrogen-bond donors (Lipinski definition) is 1. The van der Waals surface area contributed by atoms with E-state index in [4.69, 9.17) is 14.5 Å². The molecule has 1 saturated heterocycles. The summed E-state index contributed by atoms with van der Waals surface area (Å²) < 4.78 is 40.6. The lowest BCUT2D eigenvalue weighted by atomic mass is 10.1. The first-order valence-electron chi connectivity index (χ1n) is 14.5. The first-order chi connectivity index (χ1) is 20.8. The molecule has 1 aromatic heterocycles. The van der Waals surface area contributed by atoms with Crippen molar-refractivity contribution in [3.63, 3.8) is 0 Å². The number of piperazine rings is 1. The molecular weight excluding hydrogens is 586 g/mol. The van der Waals surface area contributed by atoms with Gasteiger partial charge < -0.3 is 19.3 Å². The molecule has 44 heavy (non-hydrogen) atoms. The van der Waals surface area contributed by atoms with Crippen molar-refractivity contribution in [3.05, 3.63) is 76.5 Å². The van der Waals surface area contributed by atoms with Gasteiger partial charge in [-0.15, -0.1) is 0 Å². The zero-order valence-corrected chi connectivity index (χ0v) is 26.5. The molecule has 1 amide bonds. The highest BCUT2D eigenvalue weighted by Gasteiger charge is 2.33. The minimum absolute atomic E-state index is 0.0924. The summed E-state index contributed by atoms with van der Waals surface area (Å²) in [4.78, 5) is 31.9. The van der Waals surface area contributed by atoms with Crippen LogP contribution in [0.15, 0.2) is 65.6 Å². The van der Waals surface area contributed by atoms with E-state index in [-0.39, 0.29) is 18.7 Å². The Hall–Kier alpha value is -4.23. The molecule has 13 heteroatoms. The molecule has 1 aliphatic heterocycles. The lowest BCUT2D eigenvalue weighted by Crippen LogP contribution is -2.55. The van der Waals surface area contributed by atoms with Gasteiger partial charge in [0.2, 0.25) is 10.0 Å². The largest absolute Gasteiger partial charge is 0.493 e. The van der Waals surface area contributed by atoms with Crippen LogP contribution >= 0.6 is 0 Å². The van der Waals surface area contributed by atoms with E-state index in [0.29, 0.717) is 55.5 Å². The number of pyridine rings is 1. The summed E-state index contributed by atoms with van der Waals surface area (Å²) in [6.45, 7) is 10.9. The van der Waals surface area contributed by atoms with Crippen molar-refractivity contribution in [2.24, 2.45) is 0 Å². The van der Waals surface area contributed by atoms with Crippen molar-refractivity contribution in [3.8, 4) is 17.0 Å². The fourth-order valence-corrected chi connectivity index (χ4v) is 6.24. The maximum Gasteiger partial charge on any atom is 0.410 e. The van der Waals surface area contributed by atoms with Gasteiger partial charge in [-0.25, -0.2) is 22.9 Å². The Bertz CT molecular complexity index is 1610. The third-order valence-corrected chi connectivity index (χ3v) is 8.56. The molecule has 1 atom stereocenters. The van der Waals surface area contributed by atoms with Crippen molar-refractivity contribution in [1.82, 2.24) is 14.6 Å². The predicted molar refractivity (Wildman–Crippen MR) is 167 cm³/mol. The number of carbonyl (C=O) groups excluding carboxylic acids is 1. The SMILES string of the molecule is CCOc1ccccc1-c1ccc(N2CCN(C(=O)OC(C)(C)C)C[C@H]2CC)c(CNS(=O)(=O)c2ccccc2[N+](=O)[O-])n1. The highest BCUT2D eigenvalue weighted by atomic mass is 32.2. The summed E-state index contributed by atoms with van der Waals surface area (Å²) in [6, 6.07) is 16.3. The van der Waals surface area contributed by atoms with Gasteiger partial charge in [-0.2, -0.15) is 0 Å². The second-order valence-electron chi connectivity index (χ2n) is 11.3. The Balaban J connectivity index is 1.71. The molecule has 236 valence electrons. The average Bonchev–Trinajstić information content (AvgIpc) is 2.99. The second kappa shape index (κ2) is 13.6. The number of nitro groups is 1. The molecule has 1 aliphatic rings. The van der Waals surface area contributed by atoms with Crippen LogP contribution in [0, 0.1) is 10.1 Å². The van der Waals surface area contributed by atoms with Crippen LogP contribution in [0.1, 0.15) is 46.7 Å². The number of hydrogen-bond acceptors (Lipinski definition) is 9. The molecular formula is C31H39N5O7S. The fraction of sp³-hybridized carbons (Fsp3) is 0.419. The lowest BCUT2D eigenvalue weighted by molar-refractivity contribution is -0.387. The molecule has 2 aromatic carbocycles. The highest BCUT2D eigenvalue weighted by molar-refractivity contribution is 7.89. The normalized spacial score (nSPS) is 15.6. The smallest absolute Gasteiger partial charge is 0.410 e. The van der Waals surface area contributed by atoms with Gasteiger partial charge in [-0.3, -0.25) is 10.1 Å². The van der Waals surface area contributed by atoms with Gasteiger partial charge >= 0.3 is 6.09 Å². The zero-order valence-electron chi connectivity index (χ0n) is 25.6. The van der Waals surface area contributed by atoms with Crippen molar-refractivity contribution >= 4 is 27.5 Å². The number of ether oxygens (including phenoxy) is 2. The Kier molecular flexibility index (Phi) is 10.1. The maximum atomic E-state index is 13.3. The molecule has 3 aromatic rings. The van der Waals surface area contributed by atoms with Crippen LogP contribution in [0.3, 0.4) is 0 Å². The van der Waals surface area contributed by atoms with Crippen LogP contribution in [-0.4, -0.2) is 67.2 Å². The number of carbonyl (C=O) groups is 1. The maximum absolute atomic E-state index is 13.3. The van der Waals surface area contributed by atoms with Crippen LogP contribution in [0.5, 0.6) is 5.75 Å². The summed E-state index contributed by atoms with van der Waals surface area (Å²) in [6.07, 6.45) is 0.323. The number of aromatic nitrogens is 1. The van der Waals surface area contributed by atoms with Crippen LogP contribution in [0.25, 0.3) is 11.3 Å². The molecule has 12 nitrogen and oxygen atoms in total. The van der Waals surface area contributed by atoms with Crippen LogP contribution < -0.4 is 14.4 Å². The van der Waals surface area contributed by atoms with Gasteiger partial charge in [0.1, 0.15) is 11.4 Å². The van der Waals surface area contributed by atoms with Crippen LogP contribution in [-0.2, 0) is 21.3 Å². The molecule has 0 saturated carbocycles. The molecule has 0 unspecified atom stereocenters. The Morgan fingerprint density at radius 1 is 1.07 bits per heavy atom. The van der Waals surface area contributed by atoms with Crippen molar-refractivity contribution in [2.75, 3.05) is 31.1 Å². The Morgan fingerprint density at radius 3 is 2.45 bits per heavy atom. The number of nitro benzene ring substituents is 1. The molecule has 0 radical (unpaired) electrons. The lowest BCUT2D eigenvalue weighted by Gasteiger charge is -2.43. The first-order valence-corrected chi connectivity index (χ1v) is 16.0. The van der Waals surface area contributed by atoms with E-state index in [2.05, 4.69) is 9.62 Å². The van der Waals surface area contributed by atoms with Crippen molar-refractivity contribution in [2.45, 2.75) is 64.1 Å². The number of para-hydroxylation sites is 2. The second-order valence-corrected chi connectivity index (χ2v) is 13.1. The van der Waals surface area contributed by atoms with E-state index < -0.39 is 31.1 Å². The highest BCUT2D eigenvalue weighted by Crippen LogP contribution is 2.33. The number of rotatable bonds is 10.